The zero-order valence-corrected chi connectivity index (χ0v) is 13.4. The predicted octanol–water partition coefficient (Wildman–Crippen LogP) is 5.39. The SMILES string of the molecule is OC(CCNc1ccc(C(F)(F)F)cc1)c1ccc2ccccc2c1. The van der Waals surface area contributed by atoms with Gasteiger partial charge in [-0.05, 0) is 53.1 Å². The molecule has 25 heavy (non-hydrogen) atoms. The minimum absolute atomic E-state index is 0.458. The van der Waals surface area contributed by atoms with Crippen LogP contribution in [-0.2, 0) is 6.18 Å². The van der Waals surface area contributed by atoms with E-state index in [0.29, 0.717) is 18.7 Å². The second kappa shape index (κ2) is 7.15. The Labute approximate surface area is 143 Å². The molecule has 3 aromatic rings. The number of hydrogen-bond acceptors (Lipinski definition) is 2. The molecule has 0 bridgehead atoms. The minimum Gasteiger partial charge on any atom is -0.388 e. The maximum Gasteiger partial charge on any atom is 0.416 e. The van der Waals surface area contributed by atoms with Crippen molar-refractivity contribution in [3.8, 4) is 0 Å². The highest BCUT2D eigenvalue weighted by Gasteiger charge is 2.29. The van der Waals surface area contributed by atoms with Crippen LogP contribution in [0.5, 0.6) is 0 Å². The van der Waals surface area contributed by atoms with Crippen LogP contribution in [-0.4, -0.2) is 11.7 Å². The summed E-state index contributed by atoms with van der Waals surface area (Å²) in [5, 5.41) is 15.5. The van der Waals surface area contributed by atoms with Gasteiger partial charge in [0.25, 0.3) is 0 Å². The van der Waals surface area contributed by atoms with Crippen molar-refractivity contribution >= 4 is 16.5 Å². The van der Waals surface area contributed by atoms with Gasteiger partial charge in [-0.3, -0.25) is 0 Å². The number of aliphatic hydroxyl groups excluding tert-OH is 1. The summed E-state index contributed by atoms with van der Waals surface area (Å²) in [6, 6.07) is 18.6. The summed E-state index contributed by atoms with van der Waals surface area (Å²) >= 11 is 0. The van der Waals surface area contributed by atoms with Crippen LogP contribution in [0.4, 0.5) is 18.9 Å². The van der Waals surface area contributed by atoms with Crippen LogP contribution in [0.2, 0.25) is 0 Å². The molecule has 0 spiro atoms. The molecule has 130 valence electrons. The molecule has 0 aromatic heterocycles. The molecular weight excluding hydrogens is 327 g/mol. The Bertz CT molecular complexity index is 843. The highest BCUT2D eigenvalue weighted by atomic mass is 19.4. The summed E-state index contributed by atoms with van der Waals surface area (Å²) in [6.07, 6.45) is -4.50. The van der Waals surface area contributed by atoms with E-state index >= 15 is 0 Å². The van der Waals surface area contributed by atoms with E-state index in [1.807, 2.05) is 42.5 Å². The number of fused-ring (bicyclic) bond motifs is 1. The molecule has 3 rings (SSSR count). The molecule has 3 aromatic carbocycles. The highest BCUT2D eigenvalue weighted by Crippen LogP contribution is 2.30. The molecule has 0 heterocycles. The zero-order valence-electron chi connectivity index (χ0n) is 13.4. The Morgan fingerprint density at radius 3 is 2.24 bits per heavy atom. The predicted molar refractivity (Wildman–Crippen MR) is 93.5 cm³/mol. The van der Waals surface area contributed by atoms with E-state index in [2.05, 4.69) is 5.32 Å². The van der Waals surface area contributed by atoms with Crippen LogP contribution >= 0.6 is 0 Å². The largest absolute Gasteiger partial charge is 0.416 e. The molecule has 2 nitrogen and oxygen atoms in total. The Kier molecular flexibility index (Phi) is 4.95. The van der Waals surface area contributed by atoms with Gasteiger partial charge in [0.1, 0.15) is 0 Å². The number of rotatable bonds is 5. The molecule has 0 aliphatic heterocycles. The molecule has 5 heteroatoms. The van der Waals surface area contributed by atoms with Crippen molar-refractivity contribution < 1.29 is 18.3 Å². The van der Waals surface area contributed by atoms with Crippen LogP contribution in [0.1, 0.15) is 23.7 Å². The Balaban J connectivity index is 1.57. The fraction of sp³-hybridized carbons (Fsp3) is 0.200. The van der Waals surface area contributed by atoms with Crippen LogP contribution in [0, 0.1) is 0 Å². The van der Waals surface area contributed by atoms with Crippen molar-refractivity contribution in [1.29, 1.82) is 0 Å². The topological polar surface area (TPSA) is 32.3 Å². The smallest absolute Gasteiger partial charge is 0.388 e. The first-order valence-electron chi connectivity index (χ1n) is 8.01. The van der Waals surface area contributed by atoms with Gasteiger partial charge in [-0.2, -0.15) is 13.2 Å². The number of nitrogens with one attached hydrogen (secondary N) is 1. The van der Waals surface area contributed by atoms with Gasteiger partial charge in [-0.1, -0.05) is 36.4 Å². The first kappa shape index (κ1) is 17.3. The third-order valence-corrected chi connectivity index (χ3v) is 4.12. The monoisotopic (exact) mass is 345 g/mol. The van der Waals surface area contributed by atoms with Gasteiger partial charge in [-0.15, -0.1) is 0 Å². The first-order valence-corrected chi connectivity index (χ1v) is 8.01. The maximum absolute atomic E-state index is 12.5. The maximum atomic E-state index is 12.5. The lowest BCUT2D eigenvalue weighted by Crippen LogP contribution is -2.08. The number of halogens is 3. The third kappa shape index (κ3) is 4.31. The fourth-order valence-electron chi connectivity index (χ4n) is 2.71. The Morgan fingerprint density at radius 2 is 1.56 bits per heavy atom. The van der Waals surface area contributed by atoms with Crippen molar-refractivity contribution in [3.63, 3.8) is 0 Å². The van der Waals surface area contributed by atoms with Crippen LogP contribution in [0.25, 0.3) is 10.8 Å². The molecule has 0 saturated heterocycles. The molecule has 0 amide bonds. The number of hydrogen-bond donors (Lipinski definition) is 2. The van der Waals surface area contributed by atoms with Crippen molar-refractivity contribution in [2.24, 2.45) is 0 Å². The van der Waals surface area contributed by atoms with E-state index in [4.69, 9.17) is 0 Å². The molecule has 1 unspecified atom stereocenters. The van der Waals surface area contributed by atoms with Crippen LogP contribution in [0.15, 0.2) is 66.7 Å². The Hall–Kier alpha value is -2.53. The minimum atomic E-state index is -4.33. The van der Waals surface area contributed by atoms with Gasteiger partial charge in [0.15, 0.2) is 0 Å². The summed E-state index contributed by atoms with van der Waals surface area (Å²) in [7, 11) is 0. The number of alkyl halides is 3. The van der Waals surface area contributed by atoms with Gasteiger partial charge in [0.05, 0.1) is 11.7 Å². The fourth-order valence-corrected chi connectivity index (χ4v) is 2.71. The summed E-state index contributed by atoms with van der Waals surface area (Å²) < 4.78 is 37.6. The van der Waals surface area contributed by atoms with E-state index in [9.17, 15) is 18.3 Å². The average Bonchev–Trinajstić information content (AvgIpc) is 2.61. The second-order valence-corrected chi connectivity index (χ2v) is 5.91. The number of anilines is 1. The molecule has 0 fully saturated rings. The molecule has 0 radical (unpaired) electrons. The van der Waals surface area contributed by atoms with Gasteiger partial charge in [-0.25, -0.2) is 0 Å². The third-order valence-electron chi connectivity index (χ3n) is 4.12. The van der Waals surface area contributed by atoms with Crippen molar-refractivity contribution in [3.05, 3.63) is 77.9 Å². The highest BCUT2D eigenvalue weighted by molar-refractivity contribution is 5.83. The second-order valence-electron chi connectivity index (χ2n) is 5.91. The molecule has 1 atom stereocenters. The molecule has 2 N–H and O–H groups in total. The average molecular weight is 345 g/mol. The lowest BCUT2D eigenvalue weighted by Gasteiger charge is -2.14. The number of aliphatic hydroxyl groups is 1. The standard InChI is InChI=1S/C20H18F3NO/c21-20(22,23)17-7-9-18(10-8-17)24-12-11-19(25)16-6-5-14-3-1-2-4-15(14)13-16/h1-10,13,19,24-25H,11-12H2. The summed E-state index contributed by atoms with van der Waals surface area (Å²) in [5.74, 6) is 0. The van der Waals surface area contributed by atoms with E-state index < -0.39 is 17.8 Å². The summed E-state index contributed by atoms with van der Waals surface area (Å²) in [6.45, 7) is 0.458. The van der Waals surface area contributed by atoms with E-state index in [-0.39, 0.29) is 0 Å². The van der Waals surface area contributed by atoms with Gasteiger partial charge in [0, 0.05) is 12.2 Å². The van der Waals surface area contributed by atoms with Gasteiger partial charge < -0.3 is 10.4 Å². The zero-order chi connectivity index (χ0) is 17.9. The molecule has 0 aliphatic carbocycles. The summed E-state index contributed by atoms with van der Waals surface area (Å²) in [5.41, 5.74) is 0.751. The Morgan fingerprint density at radius 1 is 0.880 bits per heavy atom. The van der Waals surface area contributed by atoms with E-state index in [1.165, 1.54) is 12.1 Å². The van der Waals surface area contributed by atoms with Crippen molar-refractivity contribution in [2.75, 3.05) is 11.9 Å². The van der Waals surface area contributed by atoms with Crippen LogP contribution in [0.3, 0.4) is 0 Å². The van der Waals surface area contributed by atoms with Crippen molar-refractivity contribution in [2.45, 2.75) is 18.7 Å². The van der Waals surface area contributed by atoms with Gasteiger partial charge in [0.2, 0.25) is 0 Å². The van der Waals surface area contributed by atoms with Crippen LogP contribution < -0.4 is 5.32 Å². The molecule has 0 saturated carbocycles. The normalized spacial score (nSPS) is 13.0. The first-order chi connectivity index (χ1) is 11.9. The quantitative estimate of drug-likeness (QED) is 0.649. The molecular formula is C20H18F3NO. The summed E-state index contributed by atoms with van der Waals surface area (Å²) in [4.78, 5) is 0. The molecule has 0 aliphatic rings. The van der Waals surface area contributed by atoms with Gasteiger partial charge >= 0.3 is 6.18 Å². The lowest BCUT2D eigenvalue weighted by atomic mass is 10.0. The van der Waals surface area contributed by atoms with E-state index in [0.717, 1.165) is 28.5 Å². The van der Waals surface area contributed by atoms with Crippen molar-refractivity contribution in [1.82, 2.24) is 0 Å². The lowest BCUT2D eigenvalue weighted by molar-refractivity contribution is -0.137. The van der Waals surface area contributed by atoms with E-state index in [1.54, 1.807) is 0 Å². The number of benzene rings is 3.